The number of carbonyl (C=O) groups excluding carboxylic acids is 1. The number of halogens is 1. The van der Waals surface area contributed by atoms with Crippen molar-refractivity contribution < 1.29 is 9.53 Å². The molecule has 4 aromatic rings. The van der Waals surface area contributed by atoms with E-state index >= 15 is 0 Å². The second-order valence-corrected chi connectivity index (χ2v) is 7.53. The molecule has 2 amide bonds. The highest BCUT2D eigenvalue weighted by molar-refractivity contribution is 7.18. The van der Waals surface area contributed by atoms with Crippen LogP contribution in [-0.2, 0) is 6.61 Å². The molecule has 0 saturated heterocycles. The average molecular weight is 410 g/mol. The lowest BCUT2D eigenvalue weighted by atomic mass is 10.3. The third-order valence-corrected chi connectivity index (χ3v) is 5.18. The van der Waals surface area contributed by atoms with Gasteiger partial charge in [-0.3, -0.25) is 0 Å². The number of carbonyl (C=O) groups is 1. The normalized spacial score (nSPS) is 10.6. The fraction of sp³-hybridized carbons (Fsp3) is 0.0476. The Morgan fingerprint density at radius 3 is 2.25 bits per heavy atom. The molecule has 0 spiro atoms. The predicted octanol–water partition coefficient (Wildman–Crippen LogP) is 6.17. The molecular formula is C21H16ClN3O2S. The first-order valence-corrected chi connectivity index (χ1v) is 9.76. The number of benzene rings is 3. The van der Waals surface area contributed by atoms with Gasteiger partial charge in [-0.15, -0.1) is 11.3 Å². The van der Waals surface area contributed by atoms with Crippen molar-refractivity contribution in [1.29, 1.82) is 0 Å². The van der Waals surface area contributed by atoms with E-state index in [9.17, 15) is 4.79 Å². The van der Waals surface area contributed by atoms with Crippen LogP contribution in [0.1, 0.15) is 5.01 Å². The molecule has 7 heteroatoms. The van der Waals surface area contributed by atoms with Gasteiger partial charge >= 0.3 is 6.03 Å². The zero-order valence-electron chi connectivity index (χ0n) is 14.7. The number of fused-ring (bicyclic) bond motifs is 1. The van der Waals surface area contributed by atoms with E-state index in [0.29, 0.717) is 28.8 Å². The first-order chi connectivity index (χ1) is 13.7. The van der Waals surface area contributed by atoms with Crippen LogP contribution in [0.5, 0.6) is 5.75 Å². The van der Waals surface area contributed by atoms with E-state index < -0.39 is 0 Å². The van der Waals surface area contributed by atoms with Crippen LogP contribution < -0.4 is 15.4 Å². The molecule has 0 unspecified atom stereocenters. The van der Waals surface area contributed by atoms with Crippen molar-refractivity contribution in [3.8, 4) is 5.75 Å². The first kappa shape index (κ1) is 18.3. The van der Waals surface area contributed by atoms with Crippen LogP contribution in [0.4, 0.5) is 16.2 Å². The van der Waals surface area contributed by atoms with Gasteiger partial charge < -0.3 is 15.4 Å². The molecule has 0 aliphatic heterocycles. The Hall–Kier alpha value is -3.09. The summed E-state index contributed by atoms with van der Waals surface area (Å²) in [4.78, 5) is 16.6. The number of hydrogen-bond acceptors (Lipinski definition) is 4. The van der Waals surface area contributed by atoms with Gasteiger partial charge in [-0.1, -0.05) is 23.7 Å². The van der Waals surface area contributed by atoms with Crippen molar-refractivity contribution in [2.24, 2.45) is 0 Å². The number of urea groups is 1. The maximum absolute atomic E-state index is 12.1. The largest absolute Gasteiger partial charge is 0.486 e. The number of amides is 2. The molecule has 0 radical (unpaired) electrons. The van der Waals surface area contributed by atoms with E-state index in [0.717, 1.165) is 15.2 Å². The van der Waals surface area contributed by atoms with Gasteiger partial charge in [0.1, 0.15) is 17.4 Å². The third kappa shape index (κ3) is 4.60. The van der Waals surface area contributed by atoms with Gasteiger partial charge in [0.05, 0.1) is 10.2 Å². The van der Waals surface area contributed by atoms with Crippen LogP contribution in [0.15, 0.2) is 72.8 Å². The van der Waals surface area contributed by atoms with E-state index in [1.54, 1.807) is 47.7 Å². The summed E-state index contributed by atoms with van der Waals surface area (Å²) in [6.07, 6.45) is 0. The van der Waals surface area contributed by atoms with E-state index in [-0.39, 0.29) is 6.03 Å². The Labute approximate surface area is 170 Å². The minimum absolute atomic E-state index is 0.328. The number of nitrogens with one attached hydrogen (secondary N) is 2. The van der Waals surface area contributed by atoms with Gasteiger partial charge in [0.15, 0.2) is 0 Å². The summed E-state index contributed by atoms with van der Waals surface area (Å²) in [6, 6.07) is 21.8. The molecule has 3 aromatic carbocycles. The molecule has 5 nitrogen and oxygen atoms in total. The second-order valence-electron chi connectivity index (χ2n) is 5.97. The van der Waals surface area contributed by atoms with E-state index in [2.05, 4.69) is 15.6 Å². The topological polar surface area (TPSA) is 63.2 Å². The molecule has 0 saturated carbocycles. The summed E-state index contributed by atoms with van der Waals surface area (Å²) in [5.41, 5.74) is 2.31. The van der Waals surface area contributed by atoms with Crippen LogP contribution in [0.2, 0.25) is 5.02 Å². The Bertz CT molecular complexity index is 1060. The summed E-state index contributed by atoms with van der Waals surface area (Å²) >= 11 is 7.45. The maximum atomic E-state index is 12.1. The Kier molecular flexibility index (Phi) is 5.41. The smallest absolute Gasteiger partial charge is 0.323 e. The highest BCUT2D eigenvalue weighted by atomic mass is 35.5. The van der Waals surface area contributed by atoms with Crippen molar-refractivity contribution >= 4 is 50.6 Å². The molecular weight excluding hydrogens is 394 g/mol. The maximum Gasteiger partial charge on any atom is 0.323 e. The number of anilines is 2. The van der Waals surface area contributed by atoms with Gasteiger partial charge in [0.25, 0.3) is 0 Å². The summed E-state index contributed by atoms with van der Waals surface area (Å²) < 4.78 is 6.94. The molecule has 2 N–H and O–H groups in total. The van der Waals surface area contributed by atoms with Gasteiger partial charge in [-0.05, 0) is 60.7 Å². The van der Waals surface area contributed by atoms with E-state index in [4.69, 9.17) is 16.3 Å². The quantitative estimate of drug-likeness (QED) is 0.414. The molecule has 0 aliphatic rings. The lowest BCUT2D eigenvalue weighted by Crippen LogP contribution is -2.19. The molecule has 4 rings (SSSR count). The van der Waals surface area contributed by atoms with Crippen LogP contribution in [0, 0.1) is 0 Å². The molecule has 0 aliphatic carbocycles. The zero-order chi connectivity index (χ0) is 19.3. The van der Waals surface area contributed by atoms with Crippen molar-refractivity contribution in [2.45, 2.75) is 6.61 Å². The summed E-state index contributed by atoms with van der Waals surface area (Å²) in [7, 11) is 0. The van der Waals surface area contributed by atoms with E-state index in [1.807, 2.05) is 36.4 Å². The number of rotatable bonds is 5. The SMILES string of the molecule is O=C(Nc1ccc(Cl)cc1)Nc1ccc(OCc2nc3ccccc3s2)cc1. The number of nitrogens with zero attached hydrogens (tertiary/aromatic N) is 1. The van der Waals surface area contributed by atoms with E-state index in [1.165, 1.54) is 0 Å². The van der Waals surface area contributed by atoms with Crippen LogP contribution >= 0.6 is 22.9 Å². The monoisotopic (exact) mass is 409 g/mol. The van der Waals surface area contributed by atoms with Gasteiger partial charge in [-0.25, -0.2) is 9.78 Å². The third-order valence-electron chi connectivity index (χ3n) is 3.91. The van der Waals surface area contributed by atoms with Crippen molar-refractivity contribution in [3.05, 3.63) is 82.8 Å². The number of para-hydroxylation sites is 1. The number of thiazole rings is 1. The Morgan fingerprint density at radius 2 is 1.57 bits per heavy atom. The molecule has 0 fully saturated rings. The molecule has 28 heavy (non-hydrogen) atoms. The lowest BCUT2D eigenvalue weighted by molar-refractivity contribution is 0.262. The Balaban J connectivity index is 1.31. The van der Waals surface area contributed by atoms with Crippen LogP contribution in [0.25, 0.3) is 10.2 Å². The predicted molar refractivity (Wildman–Crippen MR) is 114 cm³/mol. The summed E-state index contributed by atoms with van der Waals surface area (Å²) in [5.74, 6) is 0.711. The van der Waals surface area contributed by atoms with Crippen LogP contribution in [-0.4, -0.2) is 11.0 Å². The zero-order valence-corrected chi connectivity index (χ0v) is 16.3. The molecule has 1 heterocycles. The minimum atomic E-state index is -0.328. The fourth-order valence-corrected chi connectivity index (χ4v) is 3.59. The standard InChI is InChI=1S/C21H16ClN3O2S/c22-14-5-7-15(8-6-14)23-21(26)24-16-9-11-17(12-10-16)27-13-20-25-18-3-1-2-4-19(18)28-20/h1-12H,13H2,(H2,23,24,26). The summed E-state index contributed by atoms with van der Waals surface area (Å²) in [6.45, 7) is 0.406. The fourth-order valence-electron chi connectivity index (χ4n) is 2.59. The number of aromatic nitrogens is 1. The highest BCUT2D eigenvalue weighted by Gasteiger charge is 2.06. The lowest BCUT2D eigenvalue weighted by Gasteiger charge is -2.09. The first-order valence-electron chi connectivity index (χ1n) is 8.57. The van der Waals surface area contributed by atoms with Gasteiger partial charge in [0.2, 0.25) is 0 Å². The molecule has 0 atom stereocenters. The van der Waals surface area contributed by atoms with Crippen LogP contribution in [0.3, 0.4) is 0 Å². The van der Waals surface area contributed by atoms with Crippen molar-refractivity contribution in [3.63, 3.8) is 0 Å². The summed E-state index contributed by atoms with van der Waals surface area (Å²) in [5, 5.41) is 7.06. The molecule has 0 bridgehead atoms. The van der Waals surface area contributed by atoms with Gasteiger partial charge in [-0.2, -0.15) is 0 Å². The number of hydrogen-bond donors (Lipinski definition) is 2. The highest BCUT2D eigenvalue weighted by Crippen LogP contribution is 2.23. The molecule has 140 valence electrons. The minimum Gasteiger partial charge on any atom is -0.486 e. The van der Waals surface area contributed by atoms with Crippen molar-refractivity contribution in [1.82, 2.24) is 4.98 Å². The second kappa shape index (κ2) is 8.29. The van der Waals surface area contributed by atoms with Gasteiger partial charge in [0, 0.05) is 16.4 Å². The van der Waals surface area contributed by atoms with Crippen molar-refractivity contribution in [2.75, 3.05) is 10.6 Å². The number of ether oxygens (including phenoxy) is 1. The Morgan fingerprint density at radius 1 is 0.929 bits per heavy atom. The average Bonchev–Trinajstić information content (AvgIpc) is 3.12. The molecule has 1 aromatic heterocycles.